The molecule has 1 heterocycles. The zero-order chi connectivity index (χ0) is 10.5. The molecule has 0 aliphatic rings. The van der Waals surface area contributed by atoms with Gasteiger partial charge in [0.05, 0.1) is 5.69 Å². The van der Waals surface area contributed by atoms with Crippen molar-refractivity contribution in [2.45, 2.75) is 6.42 Å². The van der Waals surface area contributed by atoms with Gasteiger partial charge in [0.2, 0.25) is 5.89 Å². The summed E-state index contributed by atoms with van der Waals surface area (Å²) < 4.78 is 5.41. The first-order chi connectivity index (χ1) is 7.40. The minimum atomic E-state index is 0.696. The average molecular weight is 202 g/mol. The number of hydrogen-bond acceptors (Lipinski definition) is 3. The Morgan fingerprint density at radius 1 is 1.27 bits per heavy atom. The summed E-state index contributed by atoms with van der Waals surface area (Å²) >= 11 is 0. The third-order valence-electron chi connectivity index (χ3n) is 2.20. The van der Waals surface area contributed by atoms with E-state index in [-0.39, 0.29) is 0 Å². The standard InChI is InChI=1S/C12H14N2O/c1-13-8-7-11-9-15-12(14-11)10-5-3-2-4-6-10/h2-6,9,13H,7-8H2,1H3. The molecule has 0 saturated carbocycles. The number of benzene rings is 1. The molecule has 0 fully saturated rings. The van der Waals surface area contributed by atoms with Crippen molar-refractivity contribution in [3.05, 3.63) is 42.3 Å². The van der Waals surface area contributed by atoms with Crippen LogP contribution in [0.5, 0.6) is 0 Å². The van der Waals surface area contributed by atoms with Gasteiger partial charge in [-0.15, -0.1) is 0 Å². The van der Waals surface area contributed by atoms with E-state index in [0.29, 0.717) is 5.89 Å². The molecule has 0 aliphatic heterocycles. The molecule has 3 heteroatoms. The maximum Gasteiger partial charge on any atom is 0.226 e. The lowest BCUT2D eigenvalue weighted by Gasteiger charge is -1.93. The maximum atomic E-state index is 5.41. The van der Waals surface area contributed by atoms with Crippen molar-refractivity contribution in [3.63, 3.8) is 0 Å². The fraction of sp³-hybridized carbons (Fsp3) is 0.250. The van der Waals surface area contributed by atoms with Crippen LogP contribution in [0.4, 0.5) is 0 Å². The molecule has 0 saturated heterocycles. The van der Waals surface area contributed by atoms with Crippen LogP contribution in [0.1, 0.15) is 5.69 Å². The molecule has 1 N–H and O–H groups in total. The summed E-state index contributed by atoms with van der Waals surface area (Å²) in [6, 6.07) is 9.93. The highest BCUT2D eigenvalue weighted by Crippen LogP contribution is 2.17. The number of oxazole rings is 1. The van der Waals surface area contributed by atoms with Gasteiger partial charge in [-0.2, -0.15) is 0 Å². The summed E-state index contributed by atoms with van der Waals surface area (Å²) in [6.45, 7) is 0.917. The Bertz CT molecular complexity index is 409. The molecule has 0 bridgehead atoms. The summed E-state index contributed by atoms with van der Waals surface area (Å²) in [6.07, 6.45) is 2.62. The van der Waals surface area contributed by atoms with Crippen LogP contribution < -0.4 is 5.32 Å². The second-order valence-electron chi connectivity index (χ2n) is 3.36. The summed E-state index contributed by atoms with van der Waals surface area (Å²) in [5.74, 6) is 0.696. The molecule has 1 aromatic carbocycles. The van der Waals surface area contributed by atoms with Crippen LogP contribution in [-0.2, 0) is 6.42 Å². The lowest BCUT2D eigenvalue weighted by Crippen LogP contribution is -2.10. The molecule has 2 rings (SSSR count). The van der Waals surface area contributed by atoms with Gasteiger partial charge in [0.1, 0.15) is 6.26 Å². The summed E-state index contributed by atoms with van der Waals surface area (Å²) in [4.78, 5) is 4.41. The van der Waals surface area contributed by atoms with Crippen LogP contribution in [0.2, 0.25) is 0 Å². The third kappa shape index (κ3) is 2.44. The van der Waals surface area contributed by atoms with Crippen LogP contribution in [0.3, 0.4) is 0 Å². The lowest BCUT2D eigenvalue weighted by molar-refractivity contribution is 0.572. The Kier molecular flexibility index (Phi) is 3.15. The molecule has 2 aromatic rings. The molecular formula is C12H14N2O. The van der Waals surface area contributed by atoms with Crippen LogP contribution in [0, 0.1) is 0 Å². The molecule has 15 heavy (non-hydrogen) atoms. The van der Waals surface area contributed by atoms with Crippen molar-refractivity contribution >= 4 is 0 Å². The van der Waals surface area contributed by atoms with E-state index in [4.69, 9.17) is 4.42 Å². The number of likely N-dealkylation sites (N-methyl/N-ethyl adjacent to an activating group) is 1. The third-order valence-corrected chi connectivity index (χ3v) is 2.20. The highest BCUT2D eigenvalue weighted by atomic mass is 16.3. The van der Waals surface area contributed by atoms with E-state index in [1.165, 1.54) is 0 Å². The predicted molar refractivity (Wildman–Crippen MR) is 59.6 cm³/mol. The van der Waals surface area contributed by atoms with Gasteiger partial charge in [0.15, 0.2) is 0 Å². The Labute approximate surface area is 89.1 Å². The Balaban J connectivity index is 2.14. The van der Waals surface area contributed by atoms with Gasteiger partial charge in [0.25, 0.3) is 0 Å². The van der Waals surface area contributed by atoms with Crippen molar-refractivity contribution in [1.29, 1.82) is 0 Å². The normalized spacial score (nSPS) is 10.5. The summed E-state index contributed by atoms with van der Waals surface area (Å²) in [5.41, 5.74) is 2.01. The number of aromatic nitrogens is 1. The van der Waals surface area contributed by atoms with E-state index in [1.54, 1.807) is 6.26 Å². The van der Waals surface area contributed by atoms with Crippen molar-refractivity contribution < 1.29 is 4.42 Å². The summed E-state index contributed by atoms with van der Waals surface area (Å²) in [5, 5.41) is 3.08. The lowest BCUT2D eigenvalue weighted by atomic mass is 10.2. The topological polar surface area (TPSA) is 38.1 Å². The molecule has 0 unspecified atom stereocenters. The van der Waals surface area contributed by atoms with Gasteiger partial charge in [-0.3, -0.25) is 0 Å². The monoisotopic (exact) mass is 202 g/mol. The fourth-order valence-electron chi connectivity index (χ4n) is 1.39. The molecule has 78 valence electrons. The molecule has 0 atom stereocenters. The number of hydrogen-bond donors (Lipinski definition) is 1. The molecule has 0 amide bonds. The number of rotatable bonds is 4. The van der Waals surface area contributed by atoms with Crippen molar-refractivity contribution in [3.8, 4) is 11.5 Å². The van der Waals surface area contributed by atoms with E-state index >= 15 is 0 Å². The number of nitrogens with one attached hydrogen (secondary N) is 1. The summed E-state index contributed by atoms with van der Waals surface area (Å²) in [7, 11) is 1.93. The van der Waals surface area contributed by atoms with Crippen molar-refractivity contribution in [2.75, 3.05) is 13.6 Å². The van der Waals surface area contributed by atoms with E-state index in [2.05, 4.69) is 10.3 Å². The number of nitrogens with zero attached hydrogens (tertiary/aromatic N) is 1. The van der Waals surface area contributed by atoms with Crippen molar-refractivity contribution in [1.82, 2.24) is 10.3 Å². The van der Waals surface area contributed by atoms with Gasteiger partial charge in [-0.05, 0) is 19.2 Å². The second kappa shape index (κ2) is 4.75. The molecule has 3 nitrogen and oxygen atoms in total. The van der Waals surface area contributed by atoms with Crippen LogP contribution in [0.25, 0.3) is 11.5 Å². The van der Waals surface area contributed by atoms with Crippen LogP contribution >= 0.6 is 0 Å². The minimum absolute atomic E-state index is 0.696. The van der Waals surface area contributed by atoms with Crippen molar-refractivity contribution in [2.24, 2.45) is 0 Å². The van der Waals surface area contributed by atoms with E-state index in [0.717, 1.165) is 24.2 Å². The zero-order valence-electron chi connectivity index (χ0n) is 8.73. The predicted octanol–water partition coefficient (Wildman–Crippen LogP) is 2.10. The Hall–Kier alpha value is -1.61. The fourth-order valence-corrected chi connectivity index (χ4v) is 1.39. The highest BCUT2D eigenvalue weighted by molar-refractivity contribution is 5.52. The quantitative estimate of drug-likeness (QED) is 0.825. The van der Waals surface area contributed by atoms with Gasteiger partial charge in [0, 0.05) is 18.5 Å². The molecule has 0 radical (unpaired) electrons. The largest absolute Gasteiger partial charge is 0.444 e. The maximum absolute atomic E-state index is 5.41. The van der Waals surface area contributed by atoms with Gasteiger partial charge in [-0.25, -0.2) is 4.98 Å². The molecule has 1 aromatic heterocycles. The average Bonchev–Trinajstić information content (AvgIpc) is 2.76. The van der Waals surface area contributed by atoms with E-state index in [1.807, 2.05) is 37.4 Å². The Morgan fingerprint density at radius 3 is 2.80 bits per heavy atom. The minimum Gasteiger partial charge on any atom is -0.444 e. The van der Waals surface area contributed by atoms with Gasteiger partial charge < -0.3 is 9.73 Å². The Morgan fingerprint density at radius 2 is 2.07 bits per heavy atom. The van der Waals surface area contributed by atoms with Gasteiger partial charge >= 0.3 is 0 Å². The first-order valence-electron chi connectivity index (χ1n) is 5.04. The van der Waals surface area contributed by atoms with Crippen LogP contribution in [-0.4, -0.2) is 18.6 Å². The second-order valence-corrected chi connectivity index (χ2v) is 3.36. The molecular weight excluding hydrogens is 188 g/mol. The van der Waals surface area contributed by atoms with E-state index < -0.39 is 0 Å². The van der Waals surface area contributed by atoms with Gasteiger partial charge in [-0.1, -0.05) is 18.2 Å². The zero-order valence-corrected chi connectivity index (χ0v) is 8.73. The van der Waals surface area contributed by atoms with Crippen LogP contribution in [0.15, 0.2) is 41.0 Å². The molecule has 0 spiro atoms. The molecule has 0 aliphatic carbocycles. The van der Waals surface area contributed by atoms with E-state index in [9.17, 15) is 0 Å². The smallest absolute Gasteiger partial charge is 0.226 e. The highest BCUT2D eigenvalue weighted by Gasteiger charge is 2.04. The SMILES string of the molecule is CNCCc1coc(-c2ccccc2)n1. The first kappa shape index (κ1) is 9.93. The first-order valence-corrected chi connectivity index (χ1v) is 5.04.